The molecular weight excluding hydrogens is 360 g/mol. The maximum atomic E-state index is 11.4. The predicted molar refractivity (Wildman–Crippen MR) is 82.0 cm³/mol. The number of nitrogens with two attached hydrogens (primary N) is 1. The van der Waals surface area contributed by atoms with Gasteiger partial charge in [-0.1, -0.05) is 15.9 Å². The van der Waals surface area contributed by atoms with Crippen molar-refractivity contribution in [2.24, 2.45) is 5.73 Å². The molecule has 0 atom stereocenters. The molecule has 0 unspecified atom stereocenters. The lowest BCUT2D eigenvalue weighted by Crippen LogP contribution is -2.43. The fourth-order valence-corrected chi connectivity index (χ4v) is 1.18. The van der Waals surface area contributed by atoms with E-state index in [2.05, 4.69) is 31.9 Å². The number of carbonyl (C=O) groups is 4. The number of carbonyl (C=O) groups excluding carboxylic acids is 4. The van der Waals surface area contributed by atoms with Crippen molar-refractivity contribution in [3.8, 4) is 0 Å². The van der Waals surface area contributed by atoms with E-state index in [-0.39, 0.29) is 32.8 Å². The van der Waals surface area contributed by atoms with Gasteiger partial charge in [0.15, 0.2) is 0 Å². The molecule has 0 radical (unpaired) electrons. The molecule has 0 fully saturated rings. The van der Waals surface area contributed by atoms with Crippen LogP contribution in [-0.4, -0.2) is 60.8 Å². The minimum absolute atomic E-state index is 0.0279. The van der Waals surface area contributed by atoms with E-state index in [9.17, 15) is 19.2 Å². The summed E-state index contributed by atoms with van der Waals surface area (Å²) in [5, 5.41) is 7.05. The van der Waals surface area contributed by atoms with Crippen molar-refractivity contribution in [3.63, 3.8) is 0 Å². The minimum Gasteiger partial charge on any atom is -0.463 e. The standard InChI is InChI=1S/C12H21BrN4O5/c1-12(2,13)11(21)22-4-3-15-9(19)6-17-10(20)7-16-8(18)5-14/h3-7,14H2,1-2H3,(H,15,19)(H,16,18)(H,17,20). The van der Waals surface area contributed by atoms with Gasteiger partial charge in [0.2, 0.25) is 17.7 Å². The van der Waals surface area contributed by atoms with Crippen LogP contribution >= 0.6 is 15.9 Å². The molecule has 0 aliphatic carbocycles. The molecule has 0 aromatic carbocycles. The second kappa shape index (κ2) is 10.1. The van der Waals surface area contributed by atoms with Crippen LogP contribution in [0.4, 0.5) is 0 Å². The van der Waals surface area contributed by atoms with E-state index >= 15 is 0 Å². The van der Waals surface area contributed by atoms with Crippen LogP contribution in [0.5, 0.6) is 0 Å². The minimum atomic E-state index is -0.779. The van der Waals surface area contributed by atoms with E-state index < -0.39 is 28.0 Å². The molecule has 0 aliphatic heterocycles. The first kappa shape index (κ1) is 20.3. The Hall–Kier alpha value is -1.68. The zero-order chi connectivity index (χ0) is 17.2. The molecule has 3 amide bonds. The Morgan fingerprint density at radius 1 is 1.00 bits per heavy atom. The van der Waals surface area contributed by atoms with Crippen LogP contribution in [0.1, 0.15) is 13.8 Å². The molecule has 0 aromatic heterocycles. The van der Waals surface area contributed by atoms with E-state index in [4.69, 9.17) is 10.5 Å². The average Bonchev–Trinajstić information content (AvgIpc) is 2.45. The van der Waals surface area contributed by atoms with Crippen molar-refractivity contribution >= 4 is 39.6 Å². The summed E-state index contributed by atoms with van der Waals surface area (Å²) >= 11 is 3.15. The van der Waals surface area contributed by atoms with Crippen molar-refractivity contribution in [2.45, 2.75) is 18.2 Å². The van der Waals surface area contributed by atoms with Gasteiger partial charge in [-0.2, -0.15) is 0 Å². The highest BCUT2D eigenvalue weighted by atomic mass is 79.9. The normalized spacial score (nSPS) is 10.5. The van der Waals surface area contributed by atoms with Crippen molar-refractivity contribution in [3.05, 3.63) is 0 Å². The lowest BCUT2D eigenvalue weighted by atomic mass is 10.2. The number of hydrogen-bond donors (Lipinski definition) is 4. The van der Waals surface area contributed by atoms with Crippen LogP contribution in [0.3, 0.4) is 0 Å². The number of esters is 1. The van der Waals surface area contributed by atoms with E-state index in [0.717, 1.165) is 0 Å². The van der Waals surface area contributed by atoms with E-state index in [0.29, 0.717) is 0 Å². The number of rotatable bonds is 9. The number of alkyl halides is 1. The molecule has 0 saturated carbocycles. The van der Waals surface area contributed by atoms with E-state index in [1.54, 1.807) is 13.8 Å². The van der Waals surface area contributed by atoms with E-state index in [1.165, 1.54) is 0 Å². The Labute approximate surface area is 136 Å². The maximum Gasteiger partial charge on any atom is 0.322 e. The highest BCUT2D eigenvalue weighted by Gasteiger charge is 2.25. The van der Waals surface area contributed by atoms with Gasteiger partial charge in [0.25, 0.3) is 0 Å². The molecule has 22 heavy (non-hydrogen) atoms. The van der Waals surface area contributed by atoms with Gasteiger partial charge in [0, 0.05) is 0 Å². The number of ether oxygens (including phenoxy) is 1. The second-order valence-electron chi connectivity index (χ2n) is 4.72. The number of amides is 3. The molecule has 5 N–H and O–H groups in total. The number of halogens is 1. The fourth-order valence-electron chi connectivity index (χ4n) is 1.06. The first-order valence-corrected chi connectivity index (χ1v) is 7.32. The third-order valence-electron chi connectivity index (χ3n) is 2.22. The molecule has 126 valence electrons. The van der Waals surface area contributed by atoms with Gasteiger partial charge in [-0.05, 0) is 13.8 Å². The SMILES string of the molecule is CC(C)(Br)C(=O)OCCNC(=O)CNC(=O)CNC(=O)CN. The summed E-state index contributed by atoms with van der Waals surface area (Å²) in [5.74, 6) is -1.85. The summed E-state index contributed by atoms with van der Waals surface area (Å²) < 4.78 is 4.13. The smallest absolute Gasteiger partial charge is 0.322 e. The monoisotopic (exact) mass is 380 g/mol. The first-order valence-electron chi connectivity index (χ1n) is 6.53. The zero-order valence-electron chi connectivity index (χ0n) is 12.5. The molecule has 0 aliphatic rings. The van der Waals surface area contributed by atoms with Crippen LogP contribution in [0.25, 0.3) is 0 Å². The van der Waals surface area contributed by atoms with Gasteiger partial charge in [-0.3, -0.25) is 19.2 Å². The fraction of sp³-hybridized carbons (Fsp3) is 0.667. The second-order valence-corrected chi connectivity index (χ2v) is 6.70. The van der Waals surface area contributed by atoms with Crippen molar-refractivity contribution in [1.29, 1.82) is 0 Å². The molecule has 0 spiro atoms. The molecule has 0 heterocycles. The molecule has 10 heteroatoms. The topological polar surface area (TPSA) is 140 Å². The highest BCUT2D eigenvalue weighted by Crippen LogP contribution is 2.16. The lowest BCUT2D eigenvalue weighted by molar-refractivity contribution is -0.145. The quantitative estimate of drug-likeness (QED) is 0.207. The maximum absolute atomic E-state index is 11.4. The van der Waals surface area contributed by atoms with Crippen molar-refractivity contribution < 1.29 is 23.9 Å². The molecule has 0 rings (SSSR count). The third kappa shape index (κ3) is 10.1. The largest absolute Gasteiger partial charge is 0.463 e. The van der Waals surface area contributed by atoms with Crippen LogP contribution in [-0.2, 0) is 23.9 Å². The molecule has 0 saturated heterocycles. The Bertz CT molecular complexity index is 422. The number of nitrogens with one attached hydrogen (secondary N) is 3. The molecule has 0 aromatic rings. The summed E-state index contributed by atoms with van der Waals surface area (Å²) in [6, 6.07) is 0. The Balaban J connectivity index is 3.72. The van der Waals surface area contributed by atoms with Crippen LogP contribution in [0, 0.1) is 0 Å². The van der Waals surface area contributed by atoms with Crippen LogP contribution in [0.15, 0.2) is 0 Å². The van der Waals surface area contributed by atoms with Gasteiger partial charge in [0.1, 0.15) is 10.9 Å². The van der Waals surface area contributed by atoms with Gasteiger partial charge >= 0.3 is 5.97 Å². The average molecular weight is 381 g/mol. The highest BCUT2D eigenvalue weighted by molar-refractivity contribution is 9.10. The van der Waals surface area contributed by atoms with Gasteiger partial charge < -0.3 is 26.4 Å². The summed E-state index contributed by atoms with van der Waals surface area (Å²) in [7, 11) is 0. The van der Waals surface area contributed by atoms with Crippen LogP contribution < -0.4 is 21.7 Å². The number of hydrogen-bond acceptors (Lipinski definition) is 6. The summed E-state index contributed by atoms with van der Waals surface area (Å²) in [6.45, 7) is 2.75. The molecule has 0 bridgehead atoms. The zero-order valence-corrected chi connectivity index (χ0v) is 14.1. The van der Waals surface area contributed by atoms with Gasteiger partial charge in [-0.15, -0.1) is 0 Å². The van der Waals surface area contributed by atoms with Crippen molar-refractivity contribution in [1.82, 2.24) is 16.0 Å². The first-order chi connectivity index (χ1) is 10.2. The third-order valence-corrected chi connectivity index (χ3v) is 2.54. The predicted octanol–water partition coefficient (Wildman–Crippen LogP) is -1.99. The summed E-state index contributed by atoms with van der Waals surface area (Å²) in [4.78, 5) is 44.9. The Kier molecular flexibility index (Phi) is 9.34. The summed E-state index contributed by atoms with van der Waals surface area (Å²) in [6.07, 6.45) is 0. The Morgan fingerprint density at radius 3 is 2.00 bits per heavy atom. The summed E-state index contributed by atoms with van der Waals surface area (Å²) in [5.41, 5.74) is 5.05. The van der Waals surface area contributed by atoms with Crippen LogP contribution in [0.2, 0.25) is 0 Å². The molecule has 9 nitrogen and oxygen atoms in total. The van der Waals surface area contributed by atoms with Gasteiger partial charge in [0.05, 0.1) is 26.2 Å². The Morgan fingerprint density at radius 2 is 1.50 bits per heavy atom. The molecular formula is C12H21BrN4O5. The lowest BCUT2D eigenvalue weighted by Gasteiger charge is -2.15. The van der Waals surface area contributed by atoms with Crippen molar-refractivity contribution in [2.75, 3.05) is 32.8 Å². The van der Waals surface area contributed by atoms with Gasteiger partial charge in [-0.25, -0.2) is 0 Å². The van der Waals surface area contributed by atoms with E-state index in [1.807, 2.05) is 0 Å².